The van der Waals surface area contributed by atoms with E-state index in [9.17, 15) is 0 Å². The van der Waals surface area contributed by atoms with Crippen LogP contribution < -0.4 is 0 Å². The smallest absolute Gasteiger partial charge is 0.0786 e. The lowest BCUT2D eigenvalue weighted by Crippen LogP contribution is -2.50. The molecule has 162 valence electrons. The maximum absolute atomic E-state index is 8.24. The molecule has 0 aliphatic rings. The molecule has 0 aliphatic carbocycles. The van der Waals surface area contributed by atoms with Crippen LogP contribution in [0.15, 0.2) is 0 Å². The van der Waals surface area contributed by atoms with E-state index < -0.39 is 0 Å². The van der Waals surface area contributed by atoms with E-state index in [0.29, 0.717) is 6.61 Å². The maximum atomic E-state index is 8.24. The van der Waals surface area contributed by atoms with Crippen molar-refractivity contribution >= 4 is 0 Å². The second-order valence-electron chi connectivity index (χ2n) is 7.34. The molecule has 0 unspecified atom stereocenters. The van der Waals surface area contributed by atoms with Crippen molar-refractivity contribution in [2.24, 2.45) is 0 Å². The van der Waals surface area contributed by atoms with Crippen LogP contribution in [-0.2, 0) is 4.74 Å². The van der Waals surface area contributed by atoms with Crippen LogP contribution in [0.25, 0.3) is 0 Å². The number of aliphatic hydroxyl groups is 1. The summed E-state index contributed by atoms with van der Waals surface area (Å²) in [5.74, 6) is 0. The van der Waals surface area contributed by atoms with Crippen LogP contribution in [-0.4, -0.2) is 61.1 Å². The van der Waals surface area contributed by atoms with Crippen molar-refractivity contribution in [3.05, 3.63) is 0 Å². The van der Waals surface area contributed by atoms with Crippen molar-refractivity contribution in [2.45, 2.75) is 98.8 Å². The van der Waals surface area contributed by atoms with Gasteiger partial charge in [0.1, 0.15) is 0 Å². The maximum Gasteiger partial charge on any atom is 0.0786 e. The molecule has 4 heteroatoms. The number of quaternary nitrogens is 1. The average Bonchev–Trinajstić information content (AvgIpc) is 2.65. The van der Waals surface area contributed by atoms with E-state index in [1.807, 2.05) is 0 Å². The number of hydrogen-bond donors (Lipinski definition) is 1. The Bertz CT molecular complexity index is 194. The molecular weight excluding hydrogens is 326 g/mol. The van der Waals surface area contributed by atoms with Crippen LogP contribution in [0.5, 0.6) is 0 Å². The van der Waals surface area contributed by atoms with Gasteiger partial charge in [-0.3, -0.25) is 0 Å². The summed E-state index contributed by atoms with van der Waals surface area (Å²) >= 11 is 0. The molecule has 0 amide bonds. The highest BCUT2D eigenvalue weighted by atomic mass is 16.5. The van der Waals surface area contributed by atoms with Crippen LogP contribution in [0.3, 0.4) is 0 Å². The highest BCUT2D eigenvalue weighted by molar-refractivity contribution is 4.49. The van der Waals surface area contributed by atoms with Crippen molar-refractivity contribution in [1.29, 1.82) is 0 Å². The fourth-order valence-corrected chi connectivity index (χ4v) is 3.06. The van der Waals surface area contributed by atoms with Crippen molar-refractivity contribution in [1.82, 2.24) is 0 Å². The molecule has 0 aliphatic heterocycles. The molecule has 26 heavy (non-hydrogen) atoms. The molecule has 0 saturated carbocycles. The van der Waals surface area contributed by atoms with Gasteiger partial charge in [-0.25, -0.2) is 0 Å². The summed E-state index contributed by atoms with van der Waals surface area (Å²) in [7, 11) is 0. The molecule has 0 fully saturated rings. The number of nitrogens with zero attached hydrogens (tertiary/aromatic N) is 1. The first-order chi connectivity index (χ1) is 12.2. The highest BCUT2D eigenvalue weighted by Crippen LogP contribution is 2.16. The summed E-state index contributed by atoms with van der Waals surface area (Å²) in [5, 5.41) is 8.24. The first kappa shape index (κ1) is 30.6. The van der Waals surface area contributed by atoms with Gasteiger partial charge >= 0.3 is 0 Å². The Morgan fingerprint density at radius 3 is 1.19 bits per heavy atom. The molecule has 4 nitrogen and oxygen atoms in total. The Balaban J connectivity index is -0.000000498. The summed E-state index contributed by atoms with van der Waals surface area (Å²) < 4.78 is 6.39. The van der Waals surface area contributed by atoms with Crippen LogP contribution in [0.1, 0.15) is 98.8 Å². The van der Waals surface area contributed by atoms with Gasteiger partial charge in [0.2, 0.25) is 0 Å². The van der Waals surface area contributed by atoms with Crippen LogP contribution in [0, 0.1) is 0 Å². The topological polar surface area (TPSA) is 59.5 Å². The van der Waals surface area contributed by atoms with E-state index in [-0.39, 0.29) is 12.1 Å². The van der Waals surface area contributed by atoms with E-state index in [4.69, 9.17) is 9.84 Å². The summed E-state index contributed by atoms with van der Waals surface area (Å²) in [6.45, 7) is 18.5. The molecule has 0 radical (unpaired) electrons. The minimum Gasteiger partial charge on any atom is -0.870 e. The molecule has 0 spiro atoms. The molecule has 2 N–H and O–H groups in total. The Morgan fingerprint density at radius 1 is 0.577 bits per heavy atom. The van der Waals surface area contributed by atoms with Crippen LogP contribution in [0.4, 0.5) is 0 Å². The highest BCUT2D eigenvalue weighted by Gasteiger charge is 2.24. The summed E-state index contributed by atoms with van der Waals surface area (Å²) in [4.78, 5) is 0. The fraction of sp³-hybridized carbons (Fsp3) is 1.00. The lowest BCUT2D eigenvalue weighted by atomic mass is 10.1. The zero-order valence-corrected chi connectivity index (χ0v) is 18.8. The van der Waals surface area contributed by atoms with Gasteiger partial charge in [0.15, 0.2) is 0 Å². The first-order valence-corrected chi connectivity index (χ1v) is 11.2. The lowest BCUT2D eigenvalue weighted by Gasteiger charge is -2.39. The average molecular weight is 378 g/mol. The second-order valence-corrected chi connectivity index (χ2v) is 7.34. The third kappa shape index (κ3) is 20.2. The normalized spacial score (nSPS) is 10.8. The zero-order valence-electron chi connectivity index (χ0n) is 18.8. The minimum absolute atomic E-state index is 0. The van der Waals surface area contributed by atoms with Gasteiger partial charge in [0.25, 0.3) is 0 Å². The quantitative estimate of drug-likeness (QED) is 0.264. The van der Waals surface area contributed by atoms with E-state index in [1.165, 1.54) is 82.0 Å². The summed E-state index contributed by atoms with van der Waals surface area (Å²) in [5.41, 5.74) is 0. The van der Waals surface area contributed by atoms with Crippen LogP contribution >= 0.6 is 0 Å². The molecule has 0 atom stereocenters. The minimum atomic E-state index is 0. The second kappa shape index (κ2) is 24.8. The summed E-state index contributed by atoms with van der Waals surface area (Å²) in [6, 6.07) is 0. The largest absolute Gasteiger partial charge is 0.870 e. The van der Waals surface area contributed by atoms with Gasteiger partial charge in [0.05, 0.1) is 39.4 Å². The standard InChI is InChI=1S/C16H36N.C6H14O2.H2O/c1-5-9-13-17(14-10-6-2,15-11-7-3)16-12-8-4;1-2-3-5-8-6-4-7;/h5-16H2,1-4H3;7H,2-6H2,1H3;1H2/q+1;;/p-1. The molecule has 0 aromatic heterocycles. The van der Waals surface area contributed by atoms with Gasteiger partial charge in [-0.1, -0.05) is 66.7 Å². The number of rotatable bonds is 17. The third-order valence-electron chi connectivity index (χ3n) is 4.82. The molecular formula is C22H51NO3. The zero-order chi connectivity index (χ0) is 19.2. The van der Waals surface area contributed by atoms with Crippen molar-refractivity contribution < 1.29 is 19.8 Å². The Hall–Kier alpha value is -0.160. The predicted molar refractivity (Wildman–Crippen MR) is 114 cm³/mol. The Morgan fingerprint density at radius 2 is 0.923 bits per heavy atom. The van der Waals surface area contributed by atoms with Crippen molar-refractivity contribution in [2.75, 3.05) is 46.0 Å². The molecule has 0 bridgehead atoms. The van der Waals surface area contributed by atoms with E-state index in [0.717, 1.165) is 19.4 Å². The SMILES string of the molecule is CCCCOCCO.CCCC[N+](CCCC)(CCCC)CCCC.[OH-]. The Labute approximate surface area is 165 Å². The first-order valence-electron chi connectivity index (χ1n) is 11.2. The molecule has 0 aromatic rings. The van der Waals surface area contributed by atoms with Gasteiger partial charge < -0.3 is 19.8 Å². The van der Waals surface area contributed by atoms with Gasteiger partial charge in [-0.2, -0.15) is 0 Å². The third-order valence-corrected chi connectivity index (χ3v) is 4.82. The van der Waals surface area contributed by atoms with Crippen molar-refractivity contribution in [3.63, 3.8) is 0 Å². The predicted octanol–water partition coefficient (Wildman–Crippen LogP) is 5.62. The number of unbranched alkanes of at least 4 members (excludes halogenated alkanes) is 5. The van der Waals surface area contributed by atoms with E-state index >= 15 is 0 Å². The van der Waals surface area contributed by atoms with Gasteiger partial charge in [0, 0.05) is 6.61 Å². The van der Waals surface area contributed by atoms with E-state index in [1.54, 1.807) is 0 Å². The summed E-state index contributed by atoms with van der Waals surface area (Å²) in [6.07, 6.45) is 13.3. The monoisotopic (exact) mass is 377 g/mol. The van der Waals surface area contributed by atoms with Crippen LogP contribution in [0.2, 0.25) is 0 Å². The fourth-order valence-electron chi connectivity index (χ4n) is 3.06. The Kier molecular flexibility index (Phi) is 29.2. The van der Waals surface area contributed by atoms with Gasteiger partial charge in [-0.15, -0.1) is 0 Å². The lowest BCUT2D eigenvalue weighted by molar-refractivity contribution is -0.929. The molecule has 0 rings (SSSR count). The van der Waals surface area contributed by atoms with Gasteiger partial charge in [-0.05, 0) is 32.1 Å². The van der Waals surface area contributed by atoms with E-state index in [2.05, 4.69) is 34.6 Å². The number of aliphatic hydroxyl groups excluding tert-OH is 1. The number of ether oxygens (including phenoxy) is 1. The van der Waals surface area contributed by atoms with Crippen molar-refractivity contribution in [3.8, 4) is 0 Å². The number of hydrogen-bond acceptors (Lipinski definition) is 3. The molecule has 0 aromatic carbocycles. The molecule has 0 heterocycles. The molecule has 0 saturated heterocycles.